The Labute approximate surface area is 102 Å². The predicted molar refractivity (Wildman–Crippen MR) is 65.5 cm³/mol. The number of hydrogen-bond acceptors (Lipinski definition) is 2. The highest BCUT2D eigenvalue weighted by atomic mass is 35.5. The molecule has 1 heterocycles. The third kappa shape index (κ3) is 2.38. The van der Waals surface area contributed by atoms with E-state index in [0.29, 0.717) is 11.4 Å². The number of nitrogens with zero attached hydrogens (tertiary/aromatic N) is 1. The van der Waals surface area contributed by atoms with Crippen LogP contribution in [0.4, 0.5) is 0 Å². The number of aromatic nitrogens is 1. The van der Waals surface area contributed by atoms with Crippen LogP contribution in [0.1, 0.15) is 38.2 Å². The molecule has 0 aliphatic heterocycles. The summed E-state index contributed by atoms with van der Waals surface area (Å²) in [6.45, 7) is 2.18. The molecule has 1 atom stereocenters. The number of rotatable bonds is 3. The van der Waals surface area contributed by atoms with E-state index in [9.17, 15) is 5.11 Å². The van der Waals surface area contributed by atoms with Crippen molar-refractivity contribution in [2.75, 3.05) is 0 Å². The van der Waals surface area contributed by atoms with Crippen molar-refractivity contribution in [2.24, 2.45) is 5.41 Å². The van der Waals surface area contributed by atoms with Crippen LogP contribution in [-0.4, -0.2) is 16.2 Å². The molecule has 0 radical (unpaired) electrons. The molecule has 1 aromatic rings. The molecule has 88 valence electrons. The summed E-state index contributed by atoms with van der Waals surface area (Å²) >= 11 is 6.05. The van der Waals surface area contributed by atoms with Gasteiger partial charge in [-0.25, -0.2) is 0 Å². The third-order valence-corrected chi connectivity index (χ3v) is 4.16. The van der Waals surface area contributed by atoms with Crippen LogP contribution in [0.15, 0.2) is 18.5 Å². The first-order valence-corrected chi connectivity index (χ1v) is 6.26. The molecule has 1 saturated carbocycles. The normalized spacial score (nSPS) is 20.9. The zero-order valence-corrected chi connectivity index (χ0v) is 10.4. The summed E-state index contributed by atoms with van der Waals surface area (Å²) in [5.74, 6) is 0. The quantitative estimate of drug-likeness (QED) is 0.879. The second-order valence-electron chi connectivity index (χ2n) is 5.05. The van der Waals surface area contributed by atoms with Crippen molar-refractivity contribution in [1.29, 1.82) is 0 Å². The van der Waals surface area contributed by atoms with Crippen LogP contribution in [0.2, 0.25) is 5.02 Å². The zero-order chi connectivity index (χ0) is 11.6. The van der Waals surface area contributed by atoms with Crippen LogP contribution in [-0.2, 0) is 6.42 Å². The number of aliphatic hydroxyl groups is 1. The first kappa shape index (κ1) is 11.9. The minimum Gasteiger partial charge on any atom is -0.392 e. The number of pyridine rings is 1. The first-order chi connectivity index (χ1) is 7.62. The van der Waals surface area contributed by atoms with Gasteiger partial charge in [-0.1, -0.05) is 31.4 Å². The van der Waals surface area contributed by atoms with Gasteiger partial charge < -0.3 is 5.11 Å². The molecular formula is C13H18ClNO. The molecule has 16 heavy (non-hydrogen) atoms. The first-order valence-electron chi connectivity index (χ1n) is 5.88. The maximum atomic E-state index is 10.3. The fourth-order valence-electron chi connectivity index (χ4n) is 2.54. The van der Waals surface area contributed by atoms with Crippen molar-refractivity contribution in [3.05, 3.63) is 29.0 Å². The maximum Gasteiger partial charge on any atom is 0.0634 e. The minimum absolute atomic E-state index is 0.0760. The van der Waals surface area contributed by atoms with E-state index in [1.54, 1.807) is 12.4 Å². The molecule has 1 N–H and O–H groups in total. The average Bonchev–Trinajstić information content (AvgIpc) is 2.70. The summed E-state index contributed by atoms with van der Waals surface area (Å²) in [7, 11) is 0. The highest BCUT2D eigenvalue weighted by molar-refractivity contribution is 6.31. The minimum atomic E-state index is -0.296. The topological polar surface area (TPSA) is 33.1 Å². The van der Waals surface area contributed by atoms with Gasteiger partial charge in [0.05, 0.1) is 11.1 Å². The van der Waals surface area contributed by atoms with Crippen LogP contribution >= 0.6 is 11.6 Å². The Balaban J connectivity index is 2.07. The molecule has 1 aliphatic carbocycles. The van der Waals surface area contributed by atoms with Crippen LogP contribution in [0.5, 0.6) is 0 Å². The van der Waals surface area contributed by atoms with Crippen LogP contribution in [0.3, 0.4) is 0 Å². The van der Waals surface area contributed by atoms with Crippen LogP contribution in [0.25, 0.3) is 0 Å². The number of halogens is 1. The summed E-state index contributed by atoms with van der Waals surface area (Å²) in [4.78, 5) is 3.95. The summed E-state index contributed by atoms with van der Waals surface area (Å²) in [5, 5.41) is 11.0. The molecule has 2 nitrogen and oxygen atoms in total. The van der Waals surface area contributed by atoms with Crippen LogP contribution in [0, 0.1) is 5.41 Å². The van der Waals surface area contributed by atoms with E-state index in [2.05, 4.69) is 11.9 Å². The SMILES string of the molecule is CC1(C(O)Cc2ccncc2Cl)CCCC1. The van der Waals surface area contributed by atoms with Crippen molar-refractivity contribution in [3.8, 4) is 0 Å². The smallest absolute Gasteiger partial charge is 0.0634 e. The van der Waals surface area contributed by atoms with E-state index in [1.807, 2.05) is 6.07 Å². The fraction of sp³-hybridized carbons (Fsp3) is 0.615. The van der Waals surface area contributed by atoms with Crippen molar-refractivity contribution < 1.29 is 5.11 Å². The highest BCUT2D eigenvalue weighted by Crippen LogP contribution is 2.41. The van der Waals surface area contributed by atoms with Gasteiger partial charge in [0.25, 0.3) is 0 Å². The molecule has 1 aromatic heterocycles. The summed E-state index contributed by atoms with van der Waals surface area (Å²) < 4.78 is 0. The van der Waals surface area contributed by atoms with E-state index in [-0.39, 0.29) is 11.5 Å². The Morgan fingerprint density at radius 2 is 2.19 bits per heavy atom. The lowest BCUT2D eigenvalue weighted by molar-refractivity contribution is 0.0424. The summed E-state index contributed by atoms with van der Waals surface area (Å²) in [6, 6.07) is 1.89. The highest BCUT2D eigenvalue weighted by Gasteiger charge is 2.35. The standard InChI is InChI=1S/C13H18ClNO/c1-13(5-2-3-6-13)12(16)8-10-4-7-15-9-11(10)14/h4,7,9,12,16H,2-3,5-6,8H2,1H3. The zero-order valence-electron chi connectivity index (χ0n) is 9.62. The second-order valence-corrected chi connectivity index (χ2v) is 5.46. The Morgan fingerprint density at radius 3 is 2.81 bits per heavy atom. The molecule has 0 spiro atoms. The van der Waals surface area contributed by atoms with Gasteiger partial charge in [-0.05, 0) is 29.9 Å². The molecule has 0 bridgehead atoms. The fourth-order valence-corrected chi connectivity index (χ4v) is 2.74. The van der Waals surface area contributed by atoms with Gasteiger partial charge in [-0.3, -0.25) is 4.98 Å². The maximum absolute atomic E-state index is 10.3. The van der Waals surface area contributed by atoms with E-state index < -0.39 is 0 Å². The Morgan fingerprint density at radius 1 is 1.50 bits per heavy atom. The van der Waals surface area contributed by atoms with E-state index in [4.69, 9.17) is 11.6 Å². The Kier molecular flexibility index (Phi) is 3.50. The van der Waals surface area contributed by atoms with Crippen molar-refractivity contribution >= 4 is 11.6 Å². The van der Waals surface area contributed by atoms with Crippen LogP contribution < -0.4 is 0 Å². The molecule has 1 aliphatic rings. The van der Waals surface area contributed by atoms with Gasteiger partial charge in [0, 0.05) is 18.8 Å². The molecule has 0 saturated heterocycles. The lowest BCUT2D eigenvalue weighted by Gasteiger charge is -2.30. The Bertz CT molecular complexity index is 361. The molecule has 1 unspecified atom stereocenters. The van der Waals surface area contributed by atoms with Crippen molar-refractivity contribution in [1.82, 2.24) is 4.98 Å². The van der Waals surface area contributed by atoms with Gasteiger partial charge in [-0.2, -0.15) is 0 Å². The second kappa shape index (κ2) is 4.72. The van der Waals surface area contributed by atoms with Gasteiger partial charge in [0.1, 0.15) is 0 Å². The van der Waals surface area contributed by atoms with Crippen molar-refractivity contribution in [3.63, 3.8) is 0 Å². The lowest BCUT2D eigenvalue weighted by atomic mass is 9.80. The largest absolute Gasteiger partial charge is 0.392 e. The lowest BCUT2D eigenvalue weighted by Crippen LogP contribution is -2.31. The monoisotopic (exact) mass is 239 g/mol. The van der Waals surface area contributed by atoms with Crippen molar-refractivity contribution in [2.45, 2.75) is 45.1 Å². The van der Waals surface area contributed by atoms with Gasteiger partial charge in [0.2, 0.25) is 0 Å². The molecule has 0 amide bonds. The van der Waals surface area contributed by atoms with E-state index in [0.717, 1.165) is 18.4 Å². The van der Waals surface area contributed by atoms with Gasteiger partial charge in [0.15, 0.2) is 0 Å². The predicted octanol–water partition coefficient (Wildman–Crippen LogP) is 3.22. The van der Waals surface area contributed by atoms with Gasteiger partial charge >= 0.3 is 0 Å². The Hall–Kier alpha value is -0.600. The molecule has 2 rings (SSSR count). The molecule has 0 aromatic carbocycles. The number of hydrogen-bond donors (Lipinski definition) is 1. The average molecular weight is 240 g/mol. The summed E-state index contributed by atoms with van der Waals surface area (Å²) in [6.07, 6.45) is 8.42. The number of aliphatic hydroxyl groups excluding tert-OH is 1. The van der Waals surface area contributed by atoms with E-state index in [1.165, 1.54) is 12.8 Å². The van der Waals surface area contributed by atoms with E-state index >= 15 is 0 Å². The molecule has 3 heteroatoms. The molecule has 1 fully saturated rings. The molecular weight excluding hydrogens is 222 g/mol. The third-order valence-electron chi connectivity index (χ3n) is 3.82. The summed E-state index contributed by atoms with van der Waals surface area (Å²) in [5.41, 5.74) is 1.07. The van der Waals surface area contributed by atoms with Gasteiger partial charge in [-0.15, -0.1) is 0 Å².